The van der Waals surface area contributed by atoms with E-state index in [1.165, 1.54) is 0 Å². The van der Waals surface area contributed by atoms with Gasteiger partial charge in [0.1, 0.15) is 0 Å². The minimum absolute atomic E-state index is 0.215. The Morgan fingerprint density at radius 2 is 2.07 bits per heavy atom. The number of carbonyl (C=O) groups is 1. The average molecular weight is 298 g/mol. The highest BCUT2D eigenvalue weighted by Gasteiger charge is 2.16. The van der Waals surface area contributed by atoms with Gasteiger partial charge in [0.25, 0.3) is 0 Å². The fraction of sp³-hybridized carbons (Fsp3) is 0.250. The van der Waals surface area contributed by atoms with Crippen molar-refractivity contribution in [1.82, 2.24) is 0 Å². The van der Waals surface area contributed by atoms with Gasteiger partial charge in [-0.15, -0.1) is 0 Å². The minimum atomic E-state index is 0.215. The first-order valence-electron chi connectivity index (χ1n) is 4.77. The van der Waals surface area contributed by atoms with Crippen molar-refractivity contribution < 1.29 is 4.79 Å². The van der Waals surface area contributed by atoms with Crippen LogP contribution in [0.1, 0.15) is 29.6 Å². The molecule has 1 nitrogen and oxygen atoms in total. The summed E-state index contributed by atoms with van der Waals surface area (Å²) in [5, 5.41) is 0. The number of halogens is 1. The molecule has 2 heteroatoms. The lowest BCUT2D eigenvalue weighted by Gasteiger charge is -2.03. The Kier molecular flexibility index (Phi) is 3.01. The molecule has 0 aliphatic heterocycles. The molecule has 0 saturated carbocycles. The van der Waals surface area contributed by atoms with Crippen LogP contribution in [0, 0.1) is 3.57 Å². The molecule has 1 aromatic carbocycles. The van der Waals surface area contributed by atoms with Crippen LogP contribution in [0.2, 0.25) is 0 Å². The summed E-state index contributed by atoms with van der Waals surface area (Å²) >= 11 is 2.21. The van der Waals surface area contributed by atoms with Crippen molar-refractivity contribution in [3.63, 3.8) is 0 Å². The molecule has 1 aliphatic carbocycles. The molecule has 0 bridgehead atoms. The van der Waals surface area contributed by atoms with Gasteiger partial charge in [0, 0.05) is 9.13 Å². The molecule has 72 valence electrons. The third-order valence-electron chi connectivity index (χ3n) is 2.45. The number of hydrogen-bond acceptors (Lipinski definition) is 1. The summed E-state index contributed by atoms with van der Waals surface area (Å²) in [6.45, 7) is 0. The highest BCUT2D eigenvalue weighted by molar-refractivity contribution is 14.1. The smallest absolute Gasteiger partial charge is 0.189 e. The molecule has 2 rings (SSSR count). The summed E-state index contributed by atoms with van der Waals surface area (Å²) in [7, 11) is 0. The molecule has 1 aromatic rings. The molecule has 0 N–H and O–H groups in total. The number of rotatable bonds is 2. The molecule has 0 saturated heterocycles. The standard InChI is InChI=1S/C12H11IO/c13-11-8-4-3-7-10(11)12(14)9-5-1-2-6-9/h3-5,7-8H,1-2,6H2. The number of carbonyl (C=O) groups excluding carboxylic acids is 1. The van der Waals surface area contributed by atoms with Crippen LogP contribution < -0.4 is 0 Å². The van der Waals surface area contributed by atoms with Crippen LogP contribution in [0.4, 0.5) is 0 Å². The molecule has 0 spiro atoms. The van der Waals surface area contributed by atoms with E-state index in [2.05, 4.69) is 28.7 Å². The van der Waals surface area contributed by atoms with Crippen molar-refractivity contribution in [2.75, 3.05) is 0 Å². The molecule has 0 atom stereocenters. The van der Waals surface area contributed by atoms with E-state index < -0.39 is 0 Å². The molecule has 0 heterocycles. The Morgan fingerprint density at radius 1 is 1.29 bits per heavy atom. The highest BCUT2D eigenvalue weighted by atomic mass is 127. The predicted molar refractivity (Wildman–Crippen MR) is 65.4 cm³/mol. The maximum absolute atomic E-state index is 12.0. The van der Waals surface area contributed by atoms with Gasteiger partial charge in [-0.2, -0.15) is 0 Å². The van der Waals surface area contributed by atoms with Gasteiger partial charge in [0.05, 0.1) is 0 Å². The number of allylic oxidation sites excluding steroid dienone is 2. The van der Waals surface area contributed by atoms with Crippen LogP contribution in [0.15, 0.2) is 35.9 Å². The topological polar surface area (TPSA) is 17.1 Å². The van der Waals surface area contributed by atoms with Gasteiger partial charge in [-0.3, -0.25) is 4.79 Å². The van der Waals surface area contributed by atoms with Gasteiger partial charge >= 0.3 is 0 Å². The number of hydrogen-bond donors (Lipinski definition) is 0. The lowest BCUT2D eigenvalue weighted by Crippen LogP contribution is -2.03. The van der Waals surface area contributed by atoms with E-state index in [4.69, 9.17) is 0 Å². The van der Waals surface area contributed by atoms with Gasteiger partial charge < -0.3 is 0 Å². The Morgan fingerprint density at radius 3 is 2.71 bits per heavy atom. The second-order valence-corrected chi connectivity index (χ2v) is 4.59. The monoisotopic (exact) mass is 298 g/mol. The molecule has 1 aliphatic rings. The first-order chi connectivity index (χ1) is 6.79. The van der Waals surface area contributed by atoms with Crippen LogP contribution in [0.5, 0.6) is 0 Å². The van der Waals surface area contributed by atoms with Crippen molar-refractivity contribution in [2.45, 2.75) is 19.3 Å². The van der Waals surface area contributed by atoms with Crippen molar-refractivity contribution >= 4 is 28.4 Å². The highest BCUT2D eigenvalue weighted by Crippen LogP contribution is 2.23. The van der Waals surface area contributed by atoms with E-state index in [0.29, 0.717) is 0 Å². The second-order valence-electron chi connectivity index (χ2n) is 3.43. The average Bonchev–Trinajstić information content (AvgIpc) is 2.70. The fourth-order valence-electron chi connectivity index (χ4n) is 1.70. The van der Waals surface area contributed by atoms with Crippen LogP contribution in [-0.4, -0.2) is 5.78 Å². The van der Waals surface area contributed by atoms with Crippen LogP contribution in [0.25, 0.3) is 0 Å². The summed E-state index contributed by atoms with van der Waals surface area (Å²) < 4.78 is 1.04. The summed E-state index contributed by atoms with van der Waals surface area (Å²) in [6, 6.07) is 7.76. The zero-order chi connectivity index (χ0) is 9.97. The molecular formula is C12H11IO. The SMILES string of the molecule is O=C(C1=CCCC1)c1ccccc1I. The first kappa shape index (κ1) is 9.90. The normalized spacial score (nSPS) is 15.4. The Balaban J connectivity index is 2.31. The summed E-state index contributed by atoms with van der Waals surface area (Å²) in [6.07, 6.45) is 5.21. The van der Waals surface area contributed by atoms with E-state index >= 15 is 0 Å². The van der Waals surface area contributed by atoms with E-state index in [0.717, 1.165) is 34.0 Å². The van der Waals surface area contributed by atoms with Crippen LogP contribution in [0.3, 0.4) is 0 Å². The Hall–Kier alpha value is -0.640. The summed E-state index contributed by atoms with van der Waals surface area (Å²) in [5.74, 6) is 0.215. The molecular weight excluding hydrogens is 287 g/mol. The van der Waals surface area contributed by atoms with Crippen LogP contribution >= 0.6 is 22.6 Å². The van der Waals surface area contributed by atoms with Crippen LogP contribution in [-0.2, 0) is 0 Å². The quantitative estimate of drug-likeness (QED) is 0.602. The summed E-state index contributed by atoms with van der Waals surface area (Å²) in [5.41, 5.74) is 1.84. The van der Waals surface area contributed by atoms with Gasteiger partial charge in [-0.25, -0.2) is 0 Å². The summed E-state index contributed by atoms with van der Waals surface area (Å²) in [4.78, 5) is 12.0. The van der Waals surface area contributed by atoms with E-state index in [-0.39, 0.29) is 5.78 Å². The van der Waals surface area contributed by atoms with Crippen molar-refractivity contribution in [2.24, 2.45) is 0 Å². The van der Waals surface area contributed by atoms with Crippen molar-refractivity contribution in [1.29, 1.82) is 0 Å². The Labute approximate surface area is 97.3 Å². The van der Waals surface area contributed by atoms with Gasteiger partial charge in [-0.05, 0) is 59.6 Å². The van der Waals surface area contributed by atoms with Crippen molar-refractivity contribution in [3.05, 3.63) is 45.0 Å². The zero-order valence-electron chi connectivity index (χ0n) is 7.79. The maximum Gasteiger partial charge on any atom is 0.189 e. The number of ketones is 1. The largest absolute Gasteiger partial charge is 0.289 e. The first-order valence-corrected chi connectivity index (χ1v) is 5.85. The third-order valence-corrected chi connectivity index (χ3v) is 3.39. The molecule has 0 fully saturated rings. The lowest BCUT2D eigenvalue weighted by molar-refractivity contribution is 0.103. The number of benzene rings is 1. The maximum atomic E-state index is 12.0. The Bertz CT molecular complexity index is 393. The predicted octanol–water partition coefficient (Wildman–Crippen LogP) is 3.58. The lowest BCUT2D eigenvalue weighted by atomic mass is 10.0. The van der Waals surface area contributed by atoms with E-state index in [9.17, 15) is 4.79 Å². The number of Topliss-reactive ketones (excluding diaryl/α,β-unsaturated/α-hetero) is 1. The fourth-order valence-corrected chi connectivity index (χ4v) is 2.33. The van der Waals surface area contributed by atoms with E-state index in [1.54, 1.807) is 0 Å². The van der Waals surface area contributed by atoms with Crippen molar-refractivity contribution in [3.8, 4) is 0 Å². The molecule has 0 amide bonds. The van der Waals surface area contributed by atoms with Gasteiger partial charge in [-0.1, -0.05) is 18.2 Å². The molecule has 0 radical (unpaired) electrons. The van der Waals surface area contributed by atoms with E-state index in [1.807, 2.05) is 24.3 Å². The van der Waals surface area contributed by atoms with Gasteiger partial charge in [0.2, 0.25) is 0 Å². The minimum Gasteiger partial charge on any atom is -0.289 e. The molecule has 0 unspecified atom stereocenters. The molecule has 0 aromatic heterocycles. The van der Waals surface area contributed by atoms with Gasteiger partial charge in [0.15, 0.2) is 5.78 Å². The third kappa shape index (κ3) is 1.90. The second kappa shape index (κ2) is 4.26. The molecule has 14 heavy (non-hydrogen) atoms. The zero-order valence-corrected chi connectivity index (χ0v) is 9.95.